The van der Waals surface area contributed by atoms with Gasteiger partial charge in [-0.15, -0.1) is 0 Å². The molecule has 1 N–H and O–H groups in total. The summed E-state index contributed by atoms with van der Waals surface area (Å²) in [7, 11) is 0. The molecule has 1 aliphatic rings. The number of nitrogens with one attached hydrogen (secondary N) is 1. The van der Waals surface area contributed by atoms with Crippen LogP contribution in [-0.4, -0.2) is 24.5 Å². The van der Waals surface area contributed by atoms with E-state index < -0.39 is 0 Å². The van der Waals surface area contributed by atoms with Crippen molar-refractivity contribution >= 4 is 11.6 Å². The average Bonchev–Trinajstić information content (AvgIpc) is 2.60. The molecule has 0 aliphatic carbocycles. The summed E-state index contributed by atoms with van der Waals surface area (Å²) in [5.74, 6) is -0.731. The summed E-state index contributed by atoms with van der Waals surface area (Å²) in [6, 6.07) is 12.5. The van der Waals surface area contributed by atoms with Crippen LogP contribution in [0.3, 0.4) is 0 Å². The third-order valence-electron chi connectivity index (χ3n) is 4.52. The fraction of sp³-hybridized carbons (Fsp3) is 0.350. The molecular formula is C20H22F2N2O. The summed E-state index contributed by atoms with van der Waals surface area (Å²) in [6.45, 7) is 2.53. The van der Waals surface area contributed by atoms with Crippen molar-refractivity contribution in [2.75, 3.05) is 11.4 Å². The molecule has 132 valence electrons. The van der Waals surface area contributed by atoms with Crippen LogP contribution in [0.4, 0.5) is 14.5 Å². The van der Waals surface area contributed by atoms with Gasteiger partial charge in [0.1, 0.15) is 11.6 Å². The lowest BCUT2D eigenvalue weighted by molar-refractivity contribution is -0.122. The maximum absolute atomic E-state index is 14.0. The number of anilines is 1. The molecule has 0 unspecified atom stereocenters. The molecule has 2 aromatic rings. The van der Waals surface area contributed by atoms with Gasteiger partial charge in [0.2, 0.25) is 5.91 Å². The maximum Gasteiger partial charge on any atom is 0.244 e. The lowest BCUT2D eigenvalue weighted by atomic mass is 10.0. The zero-order valence-corrected chi connectivity index (χ0v) is 14.2. The highest BCUT2D eigenvalue weighted by Gasteiger charge is 2.31. The van der Waals surface area contributed by atoms with Crippen LogP contribution < -0.4 is 10.2 Å². The van der Waals surface area contributed by atoms with Crippen LogP contribution in [0.25, 0.3) is 0 Å². The van der Waals surface area contributed by atoms with E-state index in [0.717, 1.165) is 18.4 Å². The van der Waals surface area contributed by atoms with Crippen LogP contribution in [0.15, 0.2) is 48.5 Å². The van der Waals surface area contributed by atoms with Crippen LogP contribution >= 0.6 is 0 Å². The fourth-order valence-corrected chi connectivity index (χ4v) is 3.32. The number of nitrogens with zero attached hydrogens (tertiary/aromatic N) is 1. The van der Waals surface area contributed by atoms with Crippen molar-refractivity contribution in [3.05, 3.63) is 65.7 Å². The second kappa shape index (κ2) is 7.74. The van der Waals surface area contributed by atoms with Gasteiger partial charge in [-0.2, -0.15) is 0 Å². The summed E-state index contributed by atoms with van der Waals surface area (Å²) < 4.78 is 27.0. The third kappa shape index (κ3) is 4.23. The number of halogens is 2. The van der Waals surface area contributed by atoms with Crippen molar-refractivity contribution in [2.45, 2.75) is 38.3 Å². The molecule has 0 aromatic heterocycles. The predicted octanol–water partition coefficient (Wildman–Crippen LogP) is 3.68. The highest BCUT2D eigenvalue weighted by Crippen LogP contribution is 2.24. The lowest BCUT2D eigenvalue weighted by Gasteiger charge is -2.34. The minimum atomic E-state index is -0.379. The molecule has 0 radical (unpaired) electrons. The Bertz CT molecular complexity index is 733. The number of amides is 1. The Morgan fingerprint density at radius 2 is 1.88 bits per heavy atom. The molecule has 25 heavy (non-hydrogen) atoms. The fourth-order valence-electron chi connectivity index (χ4n) is 3.32. The first-order chi connectivity index (χ1) is 12.0. The van der Waals surface area contributed by atoms with Gasteiger partial charge in [-0.05, 0) is 56.0 Å². The molecule has 0 saturated carbocycles. The van der Waals surface area contributed by atoms with Crippen molar-refractivity contribution in [3.63, 3.8) is 0 Å². The molecule has 2 atom stereocenters. The van der Waals surface area contributed by atoms with E-state index in [1.54, 1.807) is 30.3 Å². The SMILES string of the molecule is C[C@@H](Cc1ccc(F)cc1)N[C@@H]1CCCN(c2ccccc2F)C1=O. The second-order valence-electron chi connectivity index (χ2n) is 6.53. The molecule has 0 spiro atoms. The molecule has 1 aliphatic heterocycles. The molecule has 3 rings (SSSR count). The molecule has 1 amide bonds. The van der Waals surface area contributed by atoms with Crippen LogP contribution in [0.2, 0.25) is 0 Å². The zero-order valence-electron chi connectivity index (χ0n) is 14.2. The number of piperidine rings is 1. The number of benzene rings is 2. The summed E-state index contributed by atoms with van der Waals surface area (Å²) >= 11 is 0. The van der Waals surface area contributed by atoms with Crippen molar-refractivity contribution in [1.29, 1.82) is 0 Å². The van der Waals surface area contributed by atoms with E-state index >= 15 is 0 Å². The molecule has 0 bridgehead atoms. The van der Waals surface area contributed by atoms with E-state index in [0.29, 0.717) is 18.7 Å². The molecule has 5 heteroatoms. The van der Waals surface area contributed by atoms with E-state index in [4.69, 9.17) is 0 Å². The molecule has 1 fully saturated rings. The average molecular weight is 344 g/mol. The summed E-state index contributed by atoms with van der Waals surface area (Å²) in [5, 5.41) is 3.34. The van der Waals surface area contributed by atoms with Gasteiger partial charge in [0.25, 0.3) is 0 Å². The highest BCUT2D eigenvalue weighted by molar-refractivity contribution is 5.98. The Hall–Kier alpha value is -2.27. The Balaban J connectivity index is 1.65. The first kappa shape index (κ1) is 17.5. The Kier molecular flexibility index (Phi) is 5.43. The van der Waals surface area contributed by atoms with Crippen LogP contribution in [0.5, 0.6) is 0 Å². The van der Waals surface area contributed by atoms with E-state index in [1.165, 1.54) is 23.1 Å². The third-order valence-corrected chi connectivity index (χ3v) is 4.52. The van der Waals surface area contributed by atoms with Gasteiger partial charge in [-0.3, -0.25) is 4.79 Å². The van der Waals surface area contributed by atoms with Crippen molar-refractivity contribution in [3.8, 4) is 0 Å². The monoisotopic (exact) mass is 344 g/mol. The van der Waals surface area contributed by atoms with E-state index in [9.17, 15) is 13.6 Å². The van der Waals surface area contributed by atoms with Gasteiger partial charge in [0.05, 0.1) is 11.7 Å². The topological polar surface area (TPSA) is 32.3 Å². The normalized spacial score (nSPS) is 19.1. The molecule has 1 saturated heterocycles. The summed E-state index contributed by atoms with van der Waals surface area (Å²) in [4.78, 5) is 14.3. The smallest absolute Gasteiger partial charge is 0.244 e. The van der Waals surface area contributed by atoms with E-state index in [1.807, 2.05) is 6.92 Å². The Morgan fingerprint density at radius 3 is 2.60 bits per heavy atom. The van der Waals surface area contributed by atoms with Crippen LogP contribution in [0, 0.1) is 11.6 Å². The van der Waals surface area contributed by atoms with Crippen LogP contribution in [-0.2, 0) is 11.2 Å². The molecular weight excluding hydrogens is 322 g/mol. The number of hydrogen-bond donors (Lipinski definition) is 1. The second-order valence-corrected chi connectivity index (χ2v) is 6.53. The Morgan fingerprint density at radius 1 is 1.16 bits per heavy atom. The number of carbonyl (C=O) groups is 1. The van der Waals surface area contributed by atoms with E-state index in [2.05, 4.69) is 5.32 Å². The standard InChI is InChI=1S/C20H22F2N2O/c1-14(13-15-8-10-16(21)11-9-15)23-18-6-4-12-24(20(18)25)19-7-3-2-5-17(19)22/h2-3,5,7-11,14,18,23H,4,6,12-13H2,1H3/t14-,18+/m0/s1. The predicted molar refractivity (Wildman–Crippen MR) is 94.5 cm³/mol. The summed E-state index contributed by atoms with van der Waals surface area (Å²) in [5.41, 5.74) is 1.35. The van der Waals surface area contributed by atoms with Gasteiger partial charge in [-0.25, -0.2) is 8.78 Å². The quantitative estimate of drug-likeness (QED) is 0.897. The van der Waals surface area contributed by atoms with Crippen molar-refractivity contribution in [2.24, 2.45) is 0 Å². The van der Waals surface area contributed by atoms with Gasteiger partial charge in [0.15, 0.2) is 0 Å². The molecule has 2 aromatic carbocycles. The highest BCUT2D eigenvalue weighted by atomic mass is 19.1. The molecule has 3 nitrogen and oxygen atoms in total. The number of hydrogen-bond acceptors (Lipinski definition) is 2. The van der Waals surface area contributed by atoms with Gasteiger partial charge in [0, 0.05) is 12.6 Å². The lowest BCUT2D eigenvalue weighted by Crippen LogP contribution is -2.53. The van der Waals surface area contributed by atoms with Gasteiger partial charge < -0.3 is 10.2 Å². The van der Waals surface area contributed by atoms with E-state index in [-0.39, 0.29) is 29.6 Å². The zero-order chi connectivity index (χ0) is 17.8. The first-order valence-corrected chi connectivity index (χ1v) is 8.61. The molecule has 1 heterocycles. The van der Waals surface area contributed by atoms with Crippen LogP contribution in [0.1, 0.15) is 25.3 Å². The Labute approximate surface area is 146 Å². The number of rotatable bonds is 5. The number of carbonyl (C=O) groups excluding carboxylic acids is 1. The maximum atomic E-state index is 14.0. The van der Waals surface area contributed by atoms with Crippen molar-refractivity contribution < 1.29 is 13.6 Å². The first-order valence-electron chi connectivity index (χ1n) is 8.61. The van der Waals surface area contributed by atoms with Gasteiger partial charge >= 0.3 is 0 Å². The van der Waals surface area contributed by atoms with Gasteiger partial charge in [-0.1, -0.05) is 24.3 Å². The minimum Gasteiger partial charge on any atom is -0.308 e. The van der Waals surface area contributed by atoms with Crippen molar-refractivity contribution in [1.82, 2.24) is 5.32 Å². The number of para-hydroxylation sites is 1. The summed E-state index contributed by atoms with van der Waals surface area (Å²) in [6.07, 6.45) is 2.25. The largest absolute Gasteiger partial charge is 0.308 e. The minimum absolute atomic E-state index is 0.0555.